The van der Waals surface area contributed by atoms with Crippen LogP contribution in [0.1, 0.15) is 31.1 Å². The zero-order valence-corrected chi connectivity index (χ0v) is 13.4. The Morgan fingerprint density at radius 3 is 3.05 bits per heavy atom. The van der Waals surface area contributed by atoms with Gasteiger partial charge in [-0.1, -0.05) is 6.07 Å². The van der Waals surface area contributed by atoms with Crippen molar-refractivity contribution in [1.82, 2.24) is 15.5 Å². The predicted molar refractivity (Wildman–Crippen MR) is 87.6 cm³/mol. The fraction of sp³-hybridized carbons (Fsp3) is 0.600. The van der Waals surface area contributed by atoms with Gasteiger partial charge in [-0.05, 0) is 31.2 Å². The smallest absolute Gasteiger partial charge is 0.222 e. The van der Waals surface area contributed by atoms with Crippen LogP contribution in [0.5, 0.6) is 0 Å². The van der Waals surface area contributed by atoms with Crippen molar-refractivity contribution in [3.8, 4) is 0 Å². The summed E-state index contributed by atoms with van der Waals surface area (Å²) in [4.78, 5) is 19.3. The topological polar surface area (TPSA) is 56.7 Å². The number of nitrogens with zero attached hydrogens (tertiary/aromatic N) is 2. The molecule has 116 valence electrons. The molecule has 2 N–H and O–H groups in total. The summed E-state index contributed by atoms with van der Waals surface area (Å²) in [6.45, 7) is 6.21. The fourth-order valence-electron chi connectivity index (χ4n) is 2.32. The Kier molecular flexibility index (Phi) is 6.53. The first-order valence-electron chi connectivity index (χ1n) is 7.62. The number of aliphatic imine (C=N–C) groups is 1. The lowest BCUT2D eigenvalue weighted by Crippen LogP contribution is -2.38. The second-order valence-corrected chi connectivity index (χ2v) is 6.07. The van der Waals surface area contributed by atoms with Crippen molar-refractivity contribution in [1.29, 1.82) is 0 Å². The van der Waals surface area contributed by atoms with Crippen molar-refractivity contribution < 1.29 is 4.79 Å². The van der Waals surface area contributed by atoms with Crippen LogP contribution in [-0.2, 0) is 11.3 Å². The van der Waals surface area contributed by atoms with Crippen LogP contribution in [0.4, 0.5) is 0 Å². The average Bonchev–Trinajstić information content (AvgIpc) is 3.13. The van der Waals surface area contributed by atoms with E-state index in [2.05, 4.69) is 34.0 Å². The molecule has 5 nitrogen and oxygen atoms in total. The summed E-state index contributed by atoms with van der Waals surface area (Å²) < 4.78 is 0. The lowest BCUT2D eigenvalue weighted by Gasteiger charge is -2.16. The van der Waals surface area contributed by atoms with Gasteiger partial charge in [0.2, 0.25) is 5.91 Å². The normalized spacial score (nSPS) is 15.6. The van der Waals surface area contributed by atoms with E-state index >= 15 is 0 Å². The van der Waals surface area contributed by atoms with Gasteiger partial charge >= 0.3 is 0 Å². The quantitative estimate of drug-likeness (QED) is 0.459. The van der Waals surface area contributed by atoms with Crippen molar-refractivity contribution >= 4 is 23.2 Å². The Balaban J connectivity index is 1.69. The molecule has 6 heteroatoms. The van der Waals surface area contributed by atoms with Gasteiger partial charge in [0.25, 0.3) is 0 Å². The highest BCUT2D eigenvalue weighted by Crippen LogP contribution is 2.10. The Hall–Kier alpha value is -1.56. The molecule has 1 saturated heterocycles. The first kappa shape index (κ1) is 15.8. The molecule has 1 aliphatic heterocycles. The molecule has 0 spiro atoms. The molecule has 0 bridgehead atoms. The lowest BCUT2D eigenvalue weighted by atomic mass is 10.4. The van der Waals surface area contributed by atoms with Crippen LogP contribution in [0, 0.1) is 0 Å². The standard InChI is InChI=1S/C15H24N4OS/c1-2-16-15(18-12-13-6-4-11-21-13)17-8-5-10-19-9-3-7-14(19)20/h4,6,11H,2-3,5,7-10,12H2,1H3,(H2,16,17,18). The Morgan fingerprint density at radius 1 is 1.48 bits per heavy atom. The van der Waals surface area contributed by atoms with Gasteiger partial charge in [0, 0.05) is 37.5 Å². The van der Waals surface area contributed by atoms with Gasteiger partial charge < -0.3 is 15.5 Å². The lowest BCUT2D eigenvalue weighted by molar-refractivity contribution is -0.127. The molecular weight excluding hydrogens is 284 g/mol. The van der Waals surface area contributed by atoms with E-state index in [9.17, 15) is 4.79 Å². The van der Waals surface area contributed by atoms with Gasteiger partial charge in [-0.3, -0.25) is 4.79 Å². The summed E-state index contributed by atoms with van der Waals surface area (Å²) in [6.07, 6.45) is 2.69. The SMILES string of the molecule is CCNC(=NCc1cccs1)NCCCN1CCCC1=O. The molecule has 2 heterocycles. The number of amides is 1. The zero-order valence-electron chi connectivity index (χ0n) is 12.6. The van der Waals surface area contributed by atoms with E-state index in [0.29, 0.717) is 12.5 Å². The molecule has 0 unspecified atom stereocenters. The number of thiophene rings is 1. The molecule has 21 heavy (non-hydrogen) atoms. The first-order chi connectivity index (χ1) is 10.3. The van der Waals surface area contributed by atoms with Crippen molar-refractivity contribution in [2.45, 2.75) is 32.7 Å². The molecule has 1 aliphatic rings. The molecule has 0 saturated carbocycles. The van der Waals surface area contributed by atoms with Gasteiger partial charge in [0.15, 0.2) is 5.96 Å². The minimum absolute atomic E-state index is 0.299. The third-order valence-corrected chi connectivity index (χ3v) is 4.25. The molecule has 0 aromatic carbocycles. The highest BCUT2D eigenvalue weighted by Gasteiger charge is 2.18. The molecule has 1 fully saturated rings. The third-order valence-electron chi connectivity index (χ3n) is 3.39. The summed E-state index contributed by atoms with van der Waals surface area (Å²) in [5.41, 5.74) is 0. The van der Waals surface area contributed by atoms with Crippen LogP contribution in [0.15, 0.2) is 22.5 Å². The first-order valence-corrected chi connectivity index (χ1v) is 8.50. The minimum atomic E-state index is 0.299. The molecule has 1 aromatic heterocycles. The summed E-state index contributed by atoms with van der Waals surface area (Å²) in [5, 5.41) is 8.64. The monoisotopic (exact) mass is 308 g/mol. The largest absolute Gasteiger partial charge is 0.357 e. The highest BCUT2D eigenvalue weighted by molar-refractivity contribution is 7.09. The number of likely N-dealkylation sites (tertiary alicyclic amines) is 1. The van der Waals surface area contributed by atoms with Gasteiger partial charge in [0.05, 0.1) is 6.54 Å². The number of guanidine groups is 1. The molecule has 2 rings (SSSR count). The van der Waals surface area contributed by atoms with Crippen LogP contribution in [0.3, 0.4) is 0 Å². The van der Waals surface area contributed by atoms with Crippen molar-refractivity contribution in [3.63, 3.8) is 0 Å². The van der Waals surface area contributed by atoms with Crippen molar-refractivity contribution in [3.05, 3.63) is 22.4 Å². The number of hydrogen-bond acceptors (Lipinski definition) is 3. The van der Waals surface area contributed by atoms with Crippen LogP contribution >= 0.6 is 11.3 Å². The maximum Gasteiger partial charge on any atom is 0.222 e. The zero-order chi connectivity index (χ0) is 14.9. The van der Waals surface area contributed by atoms with Crippen LogP contribution < -0.4 is 10.6 Å². The molecule has 0 aliphatic carbocycles. The maximum absolute atomic E-state index is 11.5. The number of carbonyl (C=O) groups excluding carboxylic acids is 1. The molecule has 0 radical (unpaired) electrons. The predicted octanol–water partition coefficient (Wildman–Crippen LogP) is 1.82. The summed E-state index contributed by atoms with van der Waals surface area (Å²) >= 11 is 1.72. The van der Waals surface area contributed by atoms with E-state index in [1.54, 1.807) is 11.3 Å². The van der Waals surface area contributed by atoms with Gasteiger partial charge in [0.1, 0.15) is 0 Å². The maximum atomic E-state index is 11.5. The highest BCUT2D eigenvalue weighted by atomic mass is 32.1. The van der Waals surface area contributed by atoms with Gasteiger partial charge in [-0.25, -0.2) is 4.99 Å². The van der Waals surface area contributed by atoms with Crippen molar-refractivity contribution in [2.75, 3.05) is 26.2 Å². The van der Waals surface area contributed by atoms with E-state index in [-0.39, 0.29) is 0 Å². The van der Waals surface area contributed by atoms with Gasteiger partial charge in [-0.2, -0.15) is 0 Å². The number of carbonyl (C=O) groups is 1. The minimum Gasteiger partial charge on any atom is -0.357 e. The Morgan fingerprint density at radius 2 is 2.38 bits per heavy atom. The average molecular weight is 308 g/mol. The number of nitrogens with one attached hydrogen (secondary N) is 2. The third kappa shape index (κ3) is 5.38. The summed E-state index contributed by atoms with van der Waals surface area (Å²) in [5.74, 6) is 1.15. The second kappa shape index (κ2) is 8.67. The van der Waals surface area contributed by atoms with E-state index in [1.807, 2.05) is 11.0 Å². The van der Waals surface area contributed by atoms with Gasteiger partial charge in [-0.15, -0.1) is 11.3 Å². The molecular formula is C15H24N4OS. The summed E-state index contributed by atoms with van der Waals surface area (Å²) in [7, 11) is 0. The molecule has 1 aromatic rings. The molecule has 0 atom stereocenters. The Bertz CT molecular complexity index is 458. The van der Waals surface area contributed by atoms with Crippen LogP contribution in [-0.4, -0.2) is 42.9 Å². The second-order valence-electron chi connectivity index (χ2n) is 5.04. The van der Waals surface area contributed by atoms with Crippen LogP contribution in [0.2, 0.25) is 0 Å². The Labute approximate surface area is 130 Å². The summed E-state index contributed by atoms with van der Waals surface area (Å²) in [6, 6.07) is 4.14. The fourth-order valence-corrected chi connectivity index (χ4v) is 2.95. The number of rotatable bonds is 7. The van der Waals surface area contributed by atoms with E-state index in [4.69, 9.17) is 0 Å². The van der Waals surface area contributed by atoms with Crippen molar-refractivity contribution in [2.24, 2.45) is 4.99 Å². The van der Waals surface area contributed by atoms with E-state index in [0.717, 1.165) is 51.4 Å². The van der Waals surface area contributed by atoms with E-state index < -0.39 is 0 Å². The van der Waals surface area contributed by atoms with E-state index in [1.165, 1.54) is 4.88 Å². The van der Waals surface area contributed by atoms with Crippen LogP contribution in [0.25, 0.3) is 0 Å². The number of hydrogen-bond donors (Lipinski definition) is 2. The molecule has 1 amide bonds.